The van der Waals surface area contributed by atoms with E-state index in [4.69, 9.17) is 65.5 Å². The molecule has 9 amide bonds. The molecule has 4 aliphatic heterocycles. The Kier molecular flexibility index (Phi) is 62.5. The van der Waals surface area contributed by atoms with Crippen LogP contribution in [0.25, 0.3) is 0 Å². The monoisotopic (exact) mass is 2100 g/mol. The highest BCUT2D eigenvalue weighted by molar-refractivity contribution is 7.53. The highest BCUT2D eigenvalue weighted by Gasteiger charge is 2.50. The smallest absolute Gasteiger partial charge is 0.330 e. The molecule has 0 bridgehead atoms. The lowest BCUT2D eigenvalue weighted by atomic mass is 9.97. The predicted octanol–water partition coefficient (Wildman–Crippen LogP) is 0.179. The van der Waals surface area contributed by atoms with Crippen LogP contribution in [0.4, 0.5) is 0 Å². The number of carbonyl (C=O) groups excluding carboxylic acids is 11. The Labute approximate surface area is 840 Å². The highest BCUT2D eigenvalue weighted by atomic mass is 31.2. The normalized spacial score (nSPS) is 24.4. The number of ketones is 2. The first-order valence-electron chi connectivity index (χ1n) is 50.4. The van der Waals surface area contributed by atoms with Crippen molar-refractivity contribution in [1.29, 1.82) is 0 Å². The molecule has 1 aromatic rings. The van der Waals surface area contributed by atoms with E-state index in [9.17, 15) is 117 Å². The molecule has 20 atom stereocenters. The third-order valence-electron chi connectivity index (χ3n) is 24.2. The molecule has 5 heterocycles. The van der Waals surface area contributed by atoms with Crippen LogP contribution < -0.4 is 59.1 Å². The zero-order valence-electron chi connectivity index (χ0n) is 84.4. The number of aliphatic hydroxyl groups excluding tert-OH is 9. The summed E-state index contributed by atoms with van der Waals surface area (Å²) in [4.78, 5) is 167. The second kappa shape index (κ2) is 70.7. The van der Waals surface area contributed by atoms with Crippen LogP contribution in [0.1, 0.15) is 251 Å². The van der Waals surface area contributed by atoms with Gasteiger partial charge in [-0.05, 0) is 96.8 Å². The molecule has 4 saturated heterocycles. The minimum atomic E-state index is -3.79. The molecular weight excluding hydrogens is 1940 g/mol. The summed E-state index contributed by atoms with van der Waals surface area (Å²) in [5.74, 6) is -3.38. The molecule has 19 N–H and O–H groups in total. The second-order valence-electron chi connectivity index (χ2n) is 36.8. The Morgan fingerprint density at radius 1 is 0.403 bits per heavy atom. The van der Waals surface area contributed by atoms with Gasteiger partial charge in [0, 0.05) is 176 Å². The number of nitrogens with zero attached hydrogens (tertiary/aromatic N) is 1. The fourth-order valence-corrected chi connectivity index (χ4v) is 18.0. The third-order valence-corrected chi connectivity index (χ3v) is 26.7. The Morgan fingerprint density at radius 3 is 1.10 bits per heavy atom. The van der Waals surface area contributed by atoms with E-state index in [-0.39, 0.29) is 209 Å². The van der Waals surface area contributed by atoms with E-state index in [1.165, 1.54) is 54.3 Å². The van der Waals surface area contributed by atoms with E-state index in [2.05, 4.69) is 52.8 Å². The summed E-state index contributed by atoms with van der Waals surface area (Å²) < 4.78 is 108. The van der Waals surface area contributed by atoms with Crippen LogP contribution in [-0.2, 0) is 127 Å². The van der Waals surface area contributed by atoms with Crippen LogP contribution in [-0.4, -0.2) is 369 Å². The third kappa shape index (κ3) is 50.9. The van der Waals surface area contributed by atoms with Gasteiger partial charge >= 0.3 is 20.9 Å². The number of amides is 9. The molecule has 51 heteroatoms. The molecule has 0 saturated carbocycles. The molecule has 0 spiro atoms. The van der Waals surface area contributed by atoms with Crippen molar-refractivity contribution in [2.75, 3.05) is 139 Å². The number of Topliss-reactive ketones (excluding diaryl/α,β-unsaturated/α-hetero) is 2. The summed E-state index contributed by atoms with van der Waals surface area (Å²) in [7, 11) is -6.19. The molecule has 8 unspecified atom stereocenters. The number of aromatic nitrogens is 2. The van der Waals surface area contributed by atoms with Crippen LogP contribution in [0.3, 0.4) is 0 Å². The van der Waals surface area contributed by atoms with Crippen molar-refractivity contribution in [2.24, 2.45) is 0 Å². The first-order valence-corrected chi connectivity index (χ1v) is 54.4. The Morgan fingerprint density at radius 2 is 0.729 bits per heavy atom. The number of aromatic amines is 1. The van der Waals surface area contributed by atoms with Gasteiger partial charge in [-0.1, -0.05) is 57.8 Å². The first-order chi connectivity index (χ1) is 68.7. The molecule has 5 rings (SSSR count). The average molecular weight is 2110 g/mol. The Hall–Kier alpha value is -7.21. The molecule has 1 aromatic heterocycles. The van der Waals surface area contributed by atoms with Crippen LogP contribution >= 0.6 is 15.2 Å². The summed E-state index contributed by atoms with van der Waals surface area (Å²) >= 11 is 0. The van der Waals surface area contributed by atoms with E-state index in [1.54, 1.807) is 0 Å². The molecule has 144 heavy (non-hydrogen) atoms. The maximum atomic E-state index is 14.2. The summed E-state index contributed by atoms with van der Waals surface area (Å²) in [5, 5.41) is 116. The number of aryl methyl sites for hydroxylation is 1. The van der Waals surface area contributed by atoms with Crippen molar-refractivity contribution < 1.29 is 173 Å². The van der Waals surface area contributed by atoms with Crippen LogP contribution in [0.2, 0.25) is 0 Å². The quantitative estimate of drug-likeness (QED) is 0.0305. The Bertz CT molecular complexity index is 3960. The molecule has 49 nitrogen and oxygen atoms in total. The maximum absolute atomic E-state index is 14.2. The van der Waals surface area contributed by atoms with E-state index in [1.807, 2.05) is 0 Å². The molecule has 0 aliphatic carbocycles. The lowest BCUT2D eigenvalue weighted by Crippen LogP contribution is -2.64. The number of nitrogens with one attached hydrogen (secondary N) is 10. The number of aliphatic hydroxyl groups is 9. The van der Waals surface area contributed by atoms with Crippen molar-refractivity contribution in [3.8, 4) is 0 Å². The van der Waals surface area contributed by atoms with E-state index < -0.39 is 180 Å². The molecule has 4 fully saturated rings. The standard InChI is InChI=1S/C93H163N11O38P2/c1-61-54-104(92(126)102-87(61)125)77-53-67(141-143(6,127)129-5)88(140-77)142-144(7,128)136-49-25-16-12-14-18-32-65(111)31-17-13-10-8-9-11-15-19-37-76(118)103-93(58-130-50-38-73(115)94-41-24-20-33-66(112)34-21-26-46-133-89-78(99-62(2)108)84(122)81(119)68(55-105)137-89,59-131-51-39-74(116)97-44-29-42-95-71(113)35-22-27-47-134-90-79(100-63(3)109)85(123)82(120)69(56-106)138-90)60-132-52-40-75(117)98-45-30-43-96-72(114)36-23-28-48-135-91-80(101-64(4)110)86(124)83(121)70(57-107)139-91/h54,67-70,77-86,88-91,105-107,119-124H,8-53,55-60H2,1-7H3,(H,94,115)(H,95,113)(H,96,114)(H,97,116)(H,98,117)(H,99,108)(H,100,109)(H,101,110)(H,103,118)(H,102,125,126)/t67-,68?,69?,70?,77-,78?,79?,80?,81+,82+,83+,84-,85-,86-,88-,89-,90-,91-,93?,143?,144?/m1/s1. The largest absolute Gasteiger partial charge is 0.394 e. The number of hydrogen-bond acceptors (Lipinski definition) is 38. The average Bonchev–Trinajstić information content (AvgIpc) is 1.66. The van der Waals surface area contributed by atoms with Gasteiger partial charge in [-0.15, -0.1) is 0 Å². The predicted molar refractivity (Wildman–Crippen MR) is 515 cm³/mol. The van der Waals surface area contributed by atoms with Gasteiger partial charge in [0.25, 0.3) is 5.56 Å². The van der Waals surface area contributed by atoms with Crippen LogP contribution in [0.5, 0.6) is 0 Å². The lowest BCUT2D eigenvalue weighted by Gasteiger charge is -2.42. The fraction of sp³-hybridized carbons (Fsp3) is 0.839. The summed E-state index contributed by atoms with van der Waals surface area (Å²) in [6.45, 7) is 6.04. The first kappa shape index (κ1) is 127. The van der Waals surface area contributed by atoms with Gasteiger partial charge in [0.15, 0.2) is 25.2 Å². The van der Waals surface area contributed by atoms with Crippen molar-refractivity contribution >= 4 is 79.9 Å². The van der Waals surface area contributed by atoms with E-state index >= 15 is 0 Å². The number of unbranched alkanes of at least 4 members (excludes halogenated alkanes) is 15. The second-order valence-corrected chi connectivity index (χ2v) is 41.0. The number of H-pyrrole nitrogens is 1. The topological polar surface area (TPSA) is 696 Å². The molecule has 0 radical (unpaired) electrons. The lowest BCUT2D eigenvalue weighted by molar-refractivity contribution is -0.270. The molecule has 828 valence electrons. The molecular formula is C93H163N11O38P2. The van der Waals surface area contributed by atoms with Gasteiger partial charge in [0.2, 0.25) is 53.2 Å². The fourth-order valence-electron chi connectivity index (χ4n) is 16.1. The summed E-state index contributed by atoms with van der Waals surface area (Å²) in [6.07, 6.45) is -2.54. The van der Waals surface area contributed by atoms with Crippen molar-refractivity contribution in [2.45, 2.75) is 362 Å². The molecule has 4 aliphatic rings. The van der Waals surface area contributed by atoms with Crippen molar-refractivity contribution in [1.82, 2.24) is 57.4 Å². The number of hydrogen-bond donors (Lipinski definition) is 19. The zero-order valence-corrected chi connectivity index (χ0v) is 86.2. The SMILES string of the molecule is COP(C)(=O)O[C@@H]1C[C@H](n2cc(C)c(=O)[nH]c2=O)O[C@@H]1OP(C)(=O)OCCCCCCCC(=O)CCCCCCCCCCC(=O)NC(COCCC(=O)NCCCCC(=O)CCCCO[C@@H]1OC(CO)[C@H](O)[C@H](O)C1NC(C)=O)(COCCC(=O)NCCCNC(=O)CCCCO[C@@H]1OC(CO)[C@H](O)[C@H](O)C1NC(C)=O)COCCC(=O)NCCCNC(=O)CCCCO[C@@H]1OC(CO)[C@H](O)[C@H](O)C1NC(C)=O. The molecule has 0 aromatic carbocycles. The van der Waals surface area contributed by atoms with Gasteiger partial charge in [0.1, 0.15) is 102 Å². The van der Waals surface area contributed by atoms with Crippen molar-refractivity contribution in [3.63, 3.8) is 0 Å². The highest BCUT2D eigenvalue weighted by Crippen LogP contribution is 2.53. The van der Waals surface area contributed by atoms with E-state index in [0.29, 0.717) is 96.3 Å². The van der Waals surface area contributed by atoms with Crippen LogP contribution in [0, 0.1) is 6.92 Å². The van der Waals surface area contributed by atoms with Gasteiger partial charge in [0.05, 0.1) is 66.1 Å². The van der Waals surface area contributed by atoms with Gasteiger partial charge in [-0.2, -0.15) is 0 Å². The van der Waals surface area contributed by atoms with Crippen LogP contribution in [0.15, 0.2) is 15.8 Å². The van der Waals surface area contributed by atoms with E-state index in [0.717, 1.165) is 68.8 Å². The minimum absolute atomic E-state index is 0.0159. The van der Waals surface area contributed by atoms with Gasteiger partial charge < -0.3 is 150 Å². The summed E-state index contributed by atoms with van der Waals surface area (Å²) in [5.41, 5.74) is -2.54. The Balaban J connectivity index is 1.10. The number of rotatable bonds is 79. The van der Waals surface area contributed by atoms with Crippen molar-refractivity contribution in [3.05, 3.63) is 32.6 Å². The van der Waals surface area contributed by atoms with Gasteiger partial charge in [-0.25, -0.2) is 4.79 Å². The zero-order chi connectivity index (χ0) is 106. The maximum Gasteiger partial charge on any atom is 0.330 e. The van der Waals surface area contributed by atoms with Gasteiger partial charge in [-0.3, -0.25) is 85.3 Å². The summed E-state index contributed by atoms with van der Waals surface area (Å²) in [6, 6.07) is -3.32. The number of carbonyl (C=O) groups is 11. The number of ether oxygens (including phenoxy) is 10. The minimum Gasteiger partial charge on any atom is -0.394 e.